The van der Waals surface area contributed by atoms with Crippen molar-refractivity contribution in [3.8, 4) is 11.5 Å². The van der Waals surface area contributed by atoms with Crippen molar-refractivity contribution in [1.82, 2.24) is 0 Å². The number of hydrogen-bond acceptors (Lipinski definition) is 2. The third-order valence-electron chi connectivity index (χ3n) is 3.89. The fourth-order valence-electron chi connectivity index (χ4n) is 2.88. The van der Waals surface area contributed by atoms with Gasteiger partial charge in [-0.1, -0.05) is 36.4 Å². The van der Waals surface area contributed by atoms with Crippen LogP contribution >= 0.6 is 0 Å². The van der Waals surface area contributed by atoms with Crippen LogP contribution < -0.4 is 9.64 Å². The normalized spacial score (nSPS) is 12.8. The van der Waals surface area contributed by atoms with Gasteiger partial charge in [0.1, 0.15) is 0 Å². The molecule has 0 amide bonds. The van der Waals surface area contributed by atoms with Crippen LogP contribution in [0.1, 0.15) is 5.56 Å². The molecule has 0 saturated carbocycles. The largest absolute Gasteiger partial charge is 0.453 e. The highest BCUT2D eigenvalue weighted by Gasteiger charge is 2.23. The maximum atomic E-state index is 6.07. The molecule has 0 spiro atoms. The van der Waals surface area contributed by atoms with Gasteiger partial charge in [-0.3, -0.25) is 0 Å². The van der Waals surface area contributed by atoms with E-state index in [9.17, 15) is 0 Å². The number of ether oxygens (including phenoxy) is 1. The summed E-state index contributed by atoms with van der Waals surface area (Å²) >= 11 is 0. The lowest BCUT2D eigenvalue weighted by Crippen LogP contribution is -2.16. The van der Waals surface area contributed by atoms with Crippen LogP contribution in [0.3, 0.4) is 0 Å². The van der Waals surface area contributed by atoms with Crippen LogP contribution in [0.2, 0.25) is 0 Å². The van der Waals surface area contributed by atoms with Gasteiger partial charge in [-0.2, -0.15) is 0 Å². The molecule has 0 fully saturated rings. The van der Waals surface area contributed by atoms with E-state index in [1.807, 2.05) is 6.07 Å². The van der Waals surface area contributed by atoms with Crippen molar-refractivity contribution >= 4 is 22.1 Å². The summed E-state index contributed by atoms with van der Waals surface area (Å²) in [5.41, 5.74) is 3.50. The maximum absolute atomic E-state index is 6.07. The monoisotopic (exact) mass is 261 g/mol. The van der Waals surface area contributed by atoms with Crippen molar-refractivity contribution in [2.75, 3.05) is 11.9 Å². The number of hydrogen-bond donors (Lipinski definition) is 0. The van der Waals surface area contributed by atoms with E-state index in [0.29, 0.717) is 0 Å². The molecule has 0 bridgehead atoms. The highest BCUT2D eigenvalue weighted by molar-refractivity contribution is 6.00. The molecular weight excluding hydrogens is 246 g/mol. The van der Waals surface area contributed by atoms with E-state index in [4.69, 9.17) is 4.74 Å². The first-order valence-corrected chi connectivity index (χ1v) is 6.78. The number of anilines is 2. The molecule has 2 heteroatoms. The summed E-state index contributed by atoms with van der Waals surface area (Å²) in [4.78, 5) is 2.23. The number of benzene rings is 3. The van der Waals surface area contributed by atoms with Gasteiger partial charge >= 0.3 is 0 Å². The van der Waals surface area contributed by atoms with Crippen LogP contribution in [0.5, 0.6) is 11.5 Å². The molecule has 0 aromatic heterocycles. The van der Waals surface area contributed by atoms with E-state index in [1.54, 1.807) is 0 Å². The summed E-state index contributed by atoms with van der Waals surface area (Å²) in [6.07, 6.45) is 0. The molecule has 3 aromatic rings. The Labute approximate surface area is 118 Å². The zero-order chi connectivity index (χ0) is 13.7. The molecule has 2 nitrogen and oxygen atoms in total. The SMILES string of the molecule is Cc1ccc2c(c1)N(C)c1c(ccc3ccccc13)O2. The highest BCUT2D eigenvalue weighted by atomic mass is 16.5. The van der Waals surface area contributed by atoms with Crippen molar-refractivity contribution in [3.63, 3.8) is 0 Å². The Balaban J connectivity index is 2.02. The third-order valence-corrected chi connectivity index (χ3v) is 3.89. The minimum absolute atomic E-state index is 0.917. The molecule has 1 heterocycles. The van der Waals surface area contributed by atoms with Gasteiger partial charge in [-0.05, 0) is 36.1 Å². The number of nitrogens with zero attached hydrogens (tertiary/aromatic N) is 1. The van der Waals surface area contributed by atoms with Crippen LogP contribution in [0, 0.1) is 6.92 Å². The van der Waals surface area contributed by atoms with Crippen LogP contribution in [-0.2, 0) is 0 Å². The molecule has 98 valence electrons. The van der Waals surface area contributed by atoms with Crippen LogP contribution in [0.15, 0.2) is 54.6 Å². The van der Waals surface area contributed by atoms with Crippen LogP contribution in [0.4, 0.5) is 11.4 Å². The molecule has 1 aliphatic rings. The minimum atomic E-state index is 0.917. The van der Waals surface area contributed by atoms with Gasteiger partial charge in [-0.25, -0.2) is 0 Å². The molecule has 0 radical (unpaired) electrons. The third kappa shape index (κ3) is 1.51. The van der Waals surface area contributed by atoms with Crippen molar-refractivity contribution in [3.05, 3.63) is 60.2 Å². The number of aryl methyl sites for hydroxylation is 1. The van der Waals surface area contributed by atoms with Gasteiger partial charge < -0.3 is 9.64 Å². The van der Waals surface area contributed by atoms with E-state index in [2.05, 4.69) is 67.4 Å². The predicted octanol–water partition coefficient (Wildman–Crippen LogP) is 5.02. The van der Waals surface area contributed by atoms with Crippen molar-refractivity contribution < 1.29 is 4.74 Å². The van der Waals surface area contributed by atoms with E-state index >= 15 is 0 Å². The Morgan fingerprint density at radius 1 is 0.900 bits per heavy atom. The first-order chi connectivity index (χ1) is 9.74. The lowest BCUT2D eigenvalue weighted by molar-refractivity contribution is 0.476. The Bertz CT molecular complexity index is 823. The molecule has 0 atom stereocenters. The molecule has 0 N–H and O–H groups in total. The number of rotatable bonds is 0. The fourth-order valence-corrected chi connectivity index (χ4v) is 2.88. The van der Waals surface area contributed by atoms with Crippen LogP contribution in [0.25, 0.3) is 10.8 Å². The number of fused-ring (bicyclic) bond motifs is 4. The Kier molecular flexibility index (Phi) is 2.27. The maximum Gasteiger partial charge on any atom is 0.151 e. The first kappa shape index (κ1) is 11.4. The molecule has 1 aliphatic heterocycles. The summed E-state index contributed by atoms with van der Waals surface area (Å²) in [6, 6.07) is 18.9. The fraction of sp³-hybridized carbons (Fsp3) is 0.111. The molecule has 0 aliphatic carbocycles. The van der Waals surface area contributed by atoms with Crippen molar-refractivity contribution in [2.24, 2.45) is 0 Å². The standard InChI is InChI=1S/C18H15NO/c1-12-7-9-16-15(11-12)19(2)18-14-6-4-3-5-13(14)8-10-17(18)20-16/h3-11H,1-2H3. The van der Waals surface area contributed by atoms with Gasteiger partial charge in [0.2, 0.25) is 0 Å². The van der Waals surface area contributed by atoms with Gasteiger partial charge in [-0.15, -0.1) is 0 Å². The molecule has 20 heavy (non-hydrogen) atoms. The van der Waals surface area contributed by atoms with E-state index in [1.165, 1.54) is 16.3 Å². The first-order valence-electron chi connectivity index (χ1n) is 6.78. The molecule has 3 aromatic carbocycles. The molecule has 0 unspecified atom stereocenters. The Morgan fingerprint density at radius 2 is 1.70 bits per heavy atom. The molecule has 0 saturated heterocycles. The zero-order valence-corrected chi connectivity index (χ0v) is 11.6. The Morgan fingerprint density at radius 3 is 2.60 bits per heavy atom. The summed E-state index contributed by atoms with van der Waals surface area (Å²) < 4.78 is 6.07. The lowest BCUT2D eigenvalue weighted by atomic mass is 10.0. The minimum Gasteiger partial charge on any atom is -0.453 e. The predicted molar refractivity (Wildman–Crippen MR) is 83.3 cm³/mol. The van der Waals surface area contributed by atoms with Crippen molar-refractivity contribution in [2.45, 2.75) is 6.92 Å². The van der Waals surface area contributed by atoms with Gasteiger partial charge in [0, 0.05) is 12.4 Å². The van der Waals surface area contributed by atoms with E-state index in [0.717, 1.165) is 22.9 Å². The van der Waals surface area contributed by atoms with Crippen molar-refractivity contribution in [1.29, 1.82) is 0 Å². The van der Waals surface area contributed by atoms with Gasteiger partial charge in [0.15, 0.2) is 11.5 Å². The Hall–Kier alpha value is -2.48. The van der Waals surface area contributed by atoms with E-state index in [-0.39, 0.29) is 0 Å². The summed E-state index contributed by atoms with van der Waals surface area (Å²) in [6.45, 7) is 2.10. The van der Waals surface area contributed by atoms with Gasteiger partial charge in [0.25, 0.3) is 0 Å². The topological polar surface area (TPSA) is 12.5 Å². The summed E-state index contributed by atoms with van der Waals surface area (Å²) in [7, 11) is 2.10. The smallest absolute Gasteiger partial charge is 0.151 e. The summed E-state index contributed by atoms with van der Waals surface area (Å²) in [5, 5.41) is 2.46. The van der Waals surface area contributed by atoms with Gasteiger partial charge in [0.05, 0.1) is 11.4 Å². The quantitative estimate of drug-likeness (QED) is 0.563. The lowest BCUT2D eigenvalue weighted by Gasteiger charge is -2.31. The zero-order valence-electron chi connectivity index (χ0n) is 11.6. The average Bonchev–Trinajstić information content (AvgIpc) is 2.48. The molecule has 4 rings (SSSR count). The summed E-state index contributed by atoms with van der Waals surface area (Å²) in [5.74, 6) is 1.84. The second kappa shape index (κ2) is 4.01. The highest BCUT2D eigenvalue weighted by Crippen LogP contribution is 2.48. The van der Waals surface area contributed by atoms with E-state index < -0.39 is 0 Å². The van der Waals surface area contributed by atoms with Crippen LogP contribution in [-0.4, -0.2) is 7.05 Å². The average molecular weight is 261 g/mol. The second-order valence-electron chi connectivity index (χ2n) is 5.27. The molecular formula is C18H15NO. The second-order valence-corrected chi connectivity index (χ2v) is 5.27.